The molecule has 4 nitrogen and oxygen atoms in total. The first-order valence-electron chi connectivity index (χ1n) is 6.75. The Morgan fingerprint density at radius 2 is 2.14 bits per heavy atom. The standard InChI is InChI=1S/C16H15FN2O2/c1-11-2-3-13(7-15(11)17)14-6-12(8-18-9-14)10-19-4-5-21-16(19)20/h2-3,6-9H,4-5,10H2,1H3. The molecule has 0 radical (unpaired) electrons. The third-order valence-corrected chi connectivity index (χ3v) is 3.52. The molecule has 1 aliphatic heterocycles. The van der Waals surface area contributed by atoms with Crippen molar-refractivity contribution in [3.63, 3.8) is 0 Å². The molecule has 5 heteroatoms. The molecule has 0 bridgehead atoms. The van der Waals surface area contributed by atoms with Gasteiger partial charge in [0, 0.05) is 18.0 Å². The Balaban J connectivity index is 1.85. The van der Waals surface area contributed by atoms with Gasteiger partial charge in [0.2, 0.25) is 0 Å². The molecule has 0 atom stereocenters. The monoisotopic (exact) mass is 286 g/mol. The number of aryl methyl sites for hydroxylation is 1. The Kier molecular flexibility index (Phi) is 3.56. The molecular weight excluding hydrogens is 271 g/mol. The smallest absolute Gasteiger partial charge is 0.410 e. The lowest BCUT2D eigenvalue weighted by molar-refractivity contribution is 0.157. The summed E-state index contributed by atoms with van der Waals surface area (Å²) in [6.07, 6.45) is 3.09. The normalized spacial score (nSPS) is 14.4. The van der Waals surface area contributed by atoms with Crippen LogP contribution >= 0.6 is 0 Å². The predicted octanol–water partition coefficient (Wildman–Crippen LogP) is 3.15. The van der Waals surface area contributed by atoms with Crippen LogP contribution in [0.25, 0.3) is 11.1 Å². The molecule has 1 aliphatic rings. The van der Waals surface area contributed by atoms with Crippen LogP contribution in [0.15, 0.2) is 36.7 Å². The summed E-state index contributed by atoms with van der Waals surface area (Å²) in [5, 5.41) is 0. The molecule has 1 saturated heterocycles. The third-order valence-electron chi connectivity index (χ3n) is 3.52. The summed E-state index contributed by atoms with van der Waals surface area (Å²) in [7, 11) is 0. The second kappa shape index (κ2) is 5.52. The Morgan fingerprint density at radius 1 is 1.29 bits per heavy atom. The molecular formula is C16H15FN2O2. The van der Waals surface area contributed by atoms with Gasteiger partial charge in [-0.05, 0) is 35.7 Å². The lowest BCUT2D eigenvalue weighted by atomic mass is 10.0. The lowest BCUT2D eigenvalue weighted by Crippen LogP contribution is -2.23. The fourth-order valence-corrected chi connectivity index (χ4v) is 2.29. The first-order valence-corrected chi connectivity index (χ1v) is 6.75. The second-order valence-corrected chi connectivity index (χ2v) is 5.08. The van der Waals surface area contributed by atoms with Gasteiger partial charge in [0.05, 0.1) is 13.1 Å². The Morgan fingerprint density at radius 3 is 2.86 bits per heavy atom. The average molecular weight is 286 g/mol. The molecule has 0 aliphatic carbocycles. The third kappa shape index (κ3) is 2.86. The zero-order valence-electron chi connectivity index (χ0n) is 11.7. The van der Waals surface area contributed by atoms with Crippen LogP contribution in [0.4, 0.5) is 9.18 Å². The van der Waals surface area contributed by atoms with Crippen molar-refractivity contribution in [1.82, 2.24) is 9.88 Å². The van der Waals surface area contributed by atoms with E-state index in [-0.39, 0.29) is 11.9 Å². The number of hydrogen-bond acceptors (Lipinski definition) is 3. The van der Waals surface area contributed by atoms with Crippen LogP contribution in [0, 0.1) is 12.7 Å². The van der Waals surface area contributed by atoms with Crippen LogP contribution < -0.4 is 0 Å². The van der Waals surface area contributed by atoms with E-state index in [4.69, 9.17) is 4.74 Å². The van der Waals surface area contributed by atoms with Crippen LogP contribution in [0.2, 0.25) is 0 Å². The number of nitrogens with zero attached hydrogens (tertiary/aromatic N) is 2. The number of halogens is 1. The fraction of sp³-hybridized carbons (Fsp3) is 0.250. The zero-order chi connectivity index (χ0) is 14.8. The molecule has 2 heterocycles. The van der Waals surface area contributed by atoms with Crippen molar-refractivity contribution >= 4 is 6.09 Å². The van der Waals surface area contributed by atoms with Crippen molar-refractivity contribution in [2.45, 2.75) is 13.5 Å². The maximum absolute atomic E-state index is 13.7. The SMILES string of the molecule is Cc1ccc(-c2cncc(CN3CCOC3=O)c2)cc1F. The van der Waals surface area contributed by atoms with Crippen LogP contribution in [0.3, 0.4) is 0 Å². The Hall–Kier alpha value is -2.43. The van der Waals surface area contributed by atoms with Gasteiger partial charge in [-0.25, -0.2) is 9.18 Å². The highest BCUT2D eigenvalue weighted by molar-refractivity contribution is 5.69. The fourth-order valence-electron chi connectivity index (χ4n) is 2.29. The van der Waals surface area contributed by atoms with Gasteiger partial charge in [-0.1, -0.05) is 12.1 Å². The molecule has 21 heavy (non-hydrogen) atoms. The van der Waals surface area contributed by atoms with E-state index < -0.39 is 0 Å². The number of benzene rings is 1. The minimum absolute atomic E-state index is 0.235. The summed E-state index contributed by atoms with van der Waals surface area (Å²) >= 11 is 0. The highest BCUT2D eigenvalue weighted by Gasteiger charge is 2.21. The maximum Gasteiger partial charge on any atom is 0.410 e. The van der Waals surface area contributed by atoms with E-state index in [0.717, 1.165) is 16.7 Å². The number of carbonyl (C=O) groups is 1. The van der Waals surface area contributed by atoms with Gasteiger partial charge < -0.3 is 9.64 Å². The Bertz CT molecular complexity index is 688. The zero-order valence-corrected chi connectivity index (χ0v) is 11.7. The molecule has 0 spiro atoms. The summed E-state index contributed by atoms with van der Waals surface area (Å²) in [4.78, 5) is 17.2. The predicted molar refractivity (Wildman–Crippen MR) is 76.1 cm³/mol. The van der Waals surface area contributed by atoms with E-state index >= 15 is 0 Å². The highest BCUT2D eigenvalue weighted by Crippen LogP contribution is 2.22. The number of pyridine rings is 1. The molecule has 1 aromatic heterocycles. The number of amides is 1. The number of hydrogen-bond donors (Lipinski definition) is 0. The van der Waals surface area contributed by atoms with Crippen LogP contribution in [0.1, 0.15) is 11.1 Å². The largest absolute Gasteiger partial charge is 0.448 e. The first-order chi connectivity index (χ1) is 10.1. The number of ether oxygens (including phenoxy) is 1. The van der Waals surface area contributed by atoms with E-state index in [1.165, 1.54) is 6.07 Å². The van der Waals surface area contributed by atoms with Gasteiger partial charge >= 0.3 is 6.09 Å². The van der Waals surface area contributed by atoms with E-state index in [0.29, 0.717) is 25.3 Å². The van der Waals surface area contributed by atoms with Gasteiger partial charge in [0.25, 0.3) is 0 Å². The highest BCUT2D eigenvalue weighted by atomic mass is 19.1. The molecule has 1 fully saturated rings. The summed E-state index contributed by atoms with van der Waals surface area (Å²) in [6.45, 7) is 3.19. The van der Waals surface area contributed by atoms with Gasteiger partial charge in [-0.2, -0.15) is 0 Å². The molecule has 3 rings (SSSR count). The average Bonchev–Trinajstić information content (AvgIpc) is 2.88. The van der Waals surface area contributed by atoms with Crippen molar-refractivity contribution in [3.05, 3.63) is 53.6 Å². The van der Waals surface area contributed by atoms with E-state index in [1.54, 1.807) is 30.3 Å². The summed E-state index contributed by atoms with van der Waals surface area (Å²) in [5.41, 5.74) is 3.12. The second-order valence-electron chi connectivity index (χ2n) is 5.08. The molecule has 0 saturated carbocycles. The number of aromatic nitrogens is 1. The van der Waals surface area contributed by atoms with Gasteiger partial charge in [0.1, 0.15) is 12.4 Å². The quantitative estimate of drug-likeness (QED) is 0.870. The number of carbonyl (C=O) groups excluding carboxylic acids is 1. The Labute approximate surface area is 122 Å². The van der Waals surface area contributed by atoms with Crippen molar-refractivity contribution in [3.8, 4) is 11.1 Å². The van der Waals surface area contributed by atoms with Crippen molar-refractivity contribution < 1.29 is 13.9 Å². The van der Waals surface area contributed by atoms with Crippen molar-refractivity contribution in [2.75, 3.05) is 13.2 Å². The number of rotatable bonds is 3. The van der Waals surface area contributed by atoms with Crippen LogP contribution in [0.5, 0.6) is 0 Å². The van der Waals surface area contributed by atoms with Crippen LogP contribution in [-0.2, 0) is 11.3 Å². The number of cyclic esters (lactones) is 1. The van der Waals surface area contributed by atoms with Gasteiger partial charge in [0.15, 0.2) is 0 Å². The first kappa shape index (κ1) is 13.5. The van der Waals surface area contributed by atoms with Crippen molar-refractivity contribution in [2.24, 2.45) is 0 Å². The van der Waals surface area contributed by atoms with E-state index in [9.17, 15) is 9.18 Å². The molecule has 1 amide bonds. The molecule has 108 valence electrons. The maximum atomic E-state index is 13.7. The molecule has 2 aromatic rings. The minimum atomic E-state index is -0.304. The summed E-state index contributed by atoms with van der Waals surface area (Å²) < 4.78 is 18.6. The topological polar surface area (TPSA) is 42.4 Å². The molecule has 0 unspecified atom stereocenters. The molecule has 0 N–H and O–H groups in total. The lowest BCUT2D eigenvalue weighted by Gasteiger charge is -2.13. The summed E-state index contributed by atoms with van der Waals surface area (Å²) in [5.74, 6) is -0.235. The van der Waals surface area contributed by atoms with E-state index in [1.807, 2.05) is 12.1 Å². The van der Waals surface area contributed by atoms with E-state index in [2.05, 4.69) is 4.98 Å². The minimum Gasteiger partial charge on any atom is -0.448 e. The van der Waals surface area contributed by atoms with Gasteiger partial charge in [-0.3, -0.25) is 4.98 Å². The van der Waals surface area contributed by atoms with Gasteiger partial charge in [-0.15, -0.1) is 0 Å². The van der Waals surface area contributed by atoms with Crippen LogP contribution in [-0.4, -0.2) is 29.1 Å². The summed E-state index contributed by atoms with van der Waals surface area (Å²) in [6, 6.07) is 7.03. The molecule has 1 aromatic carbocycles. The van der Waals surface area contributed by atoms with Crippen molar-refractivity contribution in [1.29, 1.82) is 0 Å².